The van der Waals surface area contributed by atoms with Crippen molar-refractivity contribution in [2.75, 3.05) is 0 Å². The van der Waals surface area contributed by atoms with E-state index in [1.165, 1.54) is 6.20 Å². The van der Waals surface area contributed by atoms with Crippen molar-refractivity contribution >= 4 is 5.91 Å². The zero-order valence-electron chi connectivity index (χ0n) is 11.5. The Morgan fingerprint density at radius 3 is 3.00 bits per heavy atom. The summed E-state index contributed by atoms with van der Waals surface area (Å²) >= 11 is 0. The number of rotatable bonds is 4. The van der Waals surface area contributed by atoms with Crippen molar-refractivity contribution in [3.05, 3.63) is 60.2 Å². The van der Waals surface area contributed by atoms with Crippen molar-refractivity contribution in [1.29, 1.82) is 0 Å². The van der Waals surface area contributed by atoms with Gasteiger partial charge >= 0.3 is 0 Å². The van der Waals surface area contributed by atoms with Crippen molar-refractivity contribution in [2.45, 2.75) is 6.54 Å². The number of aryl methyl sites for hydroxylation is 1. The smallest absolute Gasteiger partial charge is 0.253 e. The molecule has 3 aromatic rings. The van der Waals surface area contributed by atoms with Gasteiger partial charge in [-0.1, -0.05) is 0 Å². The van der Waals surface area contributed by atoms with Gasteiger partial charge < -0.3 is 9.73 Å². The van der Waals surface area contributed by atoms with Crippen LogP contribution in [0.4, 0.5) is 0 Å². The lowest BCUT2D eigenvalue weighted by Gasteiger charge is -2.02. The molecule has 0 saturated carbocycles. The van der Waals surface area contributed by atoms with Crippen LogP contribution < -0.4 is 5.32 Å². The number of aromatic nitrogens is 3. The quantitative estimate of drug-likeness (QED) is 0.794. The van der Waals surface area contributed by atoms with Crippen molar-refractivity contribution in [2.24, 2.45) is 7.05 Å². The van der Waals surface area contributed by atoms with Gasteiger partial charge in [-0.25, -0.2) is 0 Å². The monoisotopic (exact) mass is 282 g/mol. The Morgan fingerprint density at radius 2 is 2.29 bits per heavy atom. The van der Waals surface area contributed by atoms with E-state index in [0.29, 0.717) is 12.1 Å². The van der Waals surface area contributed by atoms with Gasteiger partial charge in [-0.05, 0) is 30.3 Å². The first kappa shape index (κ1) is 13.1. The minimum Gasteiger partial charge on any atom is -0.463 e. The molecule has 0 aliphatic carbocycles. The van der Waals surface area contributed by atoms with Crippen LogP contribution in [-0.4, -0.2) is 20.7 Å². The highest BCUT2D eigenvalue weighted by molar-refractivity contribution is 5.93. The zero-order chi connectivity index (χ0) is 14.7. The summed E-state index contributed by atoms with van der Waals surface area (Å²) in [6, 6.07) is 9.03. The molecule has 21 heavy (non-hydrogen) atoms. The molecule has 106 valence electrons. The highest BCUT2D eigenvalue weighted by Crippen LogP contribution is 2.20. The maximum absolute atomic E-state index is 11.9. The number of furan rings is 1. The largest absolute Gasteiger partial charge is 0.463 e. The van der Waals surface area contributed by atoms with Crippen LogP contribution in [0.5, 0.6) is 0 Å². The third-order valence-corrected chi connectivity index (χ3v) is 3.06. The van der Waals surface area contributed by atoms with E-state index in [2.05, 4.69) is 15.4 Å². The zero-order valence-corrected chi connectivity index (χ0v) is 11.5. The van der Waals surface area contributed by atoms with Crippen LogP contribution in [0, 0.1) is 0 Å². The Morgan fingerprint density at radius 1 is 1.38 bits per heavy atom. The number of nitrogens with one attached hydrogen (secondary N) is 1. The molecule has 0 spiro atoms. The fourth-order valence-corrected chi connectivity index (χ4v) is 2.04. The van der Waals surface area contributed by atoms with Gasteiger partial charge in [-0.2, -0.15) is 5.10 Å². The Labute approximate surface area is 121 Å². The minimum absolute atomic E-state index is 0.173. The highest BCUT2D eigenvalue weighted by atomic mass is 16.3. The summed E-state index contributed by atoms with van der Waals surface area (Å²) in [5.74, 6) is 0.572. The van der Waals surface area contributed by atoms with Gasteiger partial charge in [-0.3, -0.25) is 14.5 Å². The summed E-state index contributed by atoms with van der Waals surface area (Å²) in [7, 11) is 1.84. The summed E-state index contributed by atoms with van der Waals surface area (Å²) in [6.45, 7) is 0.349. The first-order valence-corrected chi connectivity index (χ1v) is 6.49. The van der Waals surface area contributed by atoms with Crippen molar-refractivity contribution in [1.82, 2.24) is 20.1 Å². The van der Waals surface area contributed by atoms with Crippen molar-refractivity contribution < 1.29 is 9.21 Å². The molecule has 0 aliphatic rings. The Kier molecular flexibility index (Phi) is 3.51. The molecule has 3 rings (SSSR count). The van der Waals surface area contributed by atoms with E-state index in [-0.39, 0.29) is 5.91 Å². The fraction of sp³-hybridized carbons (Fsp3) is 0.133. The highest BCUT2D eigenvalue weighted by Gasteiger charge is 2.11. The van der Waals surface area contributed by atoms with E-state index in [4.69, 9.17) is 4.42 Å². The number of carbonyl (C=O) groups excluding carboxylic acids is 1. The minimum atomic E-state index is -0.173. The molecule has 0 atom stereocenters. The third kappa shape index (κ3) is 2.84. The molecule has 0 bridgehead atoms. The molecule has 6 heteroatoms. The van der Waals surface area contributed by atoms with E-state index in [0.717, 1.165) is 17.1 Å². The molecule has 0 radical (unpaired) electrons. The maximum Gasteiger partial charge on any atom is 0.253 e. The SMILES string of the molecule is Cn1nc(CNC(=O)c2cccnc2)cc1-c1ccco1. The average Bonchev–Trinajstić information content (AvgIpc) is 3.15. The molecule has 0 unspecified atom stereocenters. The van der Waals surface area contributed by atoms with Gasteiger partial charge in [-0.15, -0.1) is 0 Å². The fourth-order valence-electron chi connectivity index (χ4n) is 2.04. The first-order valence-electron chi connectivity index (χ1n) is 6.49. The van der Waals surface area contributed by atoms with Gasteiger partial charge in [0, 0.05) is 19.4 Å². The second-order valence-corrected chi connectivity index (χ2v) is 4.55. The molecule has 3 aromatic heterocycles. The third-order valence-electron chi connectivity index (χ3n) is 3.06. The van der Waals surface area contributed by atoms with Crippen LogP contribution in [0.2, 0.25) is 0 Å². The number of pyridine rings is 1. The normalized spacial score (nSPS) is 10.5. The van der Waals surface area contributed by atoms with Crippen molar-refractivity contribution in [3.63, 3.8) is 0 Å². The van der Waals surface area contributed by atoms with E-state index in [1.54, 1.807) is 29.3 Å². The number of hydrogen-bond donors (Lipinski definition) is 1. The van der Waals surface area contributed by atoms with Crippen LogP contribution in [0.3, 0.4) is 0 Å². The lowest BCUT2D eigenvalue weighted by Crippen LogP contribution is -2.23. The Bertz CT molecular complexity index is 732. The second kappa shape index (κ2) is 5.62. The maximum atomic E-state index is 11.9. The van der Waals surface area contributed by atoms with Gasteiger partial charge in [0.1, 0.15) is 5.69 Å². The van der Waals surface area contributed by atoms with E-state index in [1.807, 2.05) is 25.2 Å². The summed E-state index contributed by atoms with van der Waals surface area (Å²) < 4.78 is 7.08. The molecular formula is C15H14N4O2. The Balaban J connectivity index is 1.69. The predicted octanol–water partition coefficient (Wildman–Crippen LogP) is 2.01. The lowest BCUT2D eigenvalue weighted by atomic mass is 10.2. The van der Waals surface area contributed by atoms with Gasteiger partial charge in [0.15, 0.2) is 5.76 Å². The number of nitrogens with zero attached hydrogens (tertiary/aromatic N) is 3. The van der Waals surface area contributed by atoms with Gasteiger partial charge in [0.25, 0.3) is 5.91 Å². The number of hydrogen-bond acceptors (Lipinski definition) is 4. The summed E-state index contributed by atoms with van der Waals surface area (Å²) in [5, 5.41) is 7.17. The first-order chi connectivity index (χ1) is 10.2. The molecule has 0 saturated heterocycles. The number of amides is 1. The predicted molar refractivity (Wildman–Crippen MR) is 76.3 cm³/mol. The van der Waals surface area contributed by atoms with E-state index < -0.39 is 0 Å². The topological polar surface area (TPSA) is 73.0 Å². The Hall–Kier alpha value is -2.89. The molecule has 3 heterocycles. The van der Waals surface area contributed by atoms with Crippen molar-refractivity contribution in [3.8, 4) is 11.5 Å². The van der Waals surface area contributed by atoms with Crippen LogP contribution in [0.15, 0.2) is 53.4 Å². The molecule has 6 nitrogen and oxygen atoms in total. The number of carbonyl (C=O) groups is 1. The van der Waals surface area contributed by atoms with E-state index in [9.17, 15) is 4.79 Å². The molecule has 0 aromatic carbocycles. The average molecular weight is 282 g/mol. The summed E-state index contributed by atoms with van der Waals surface area (Å²) in [6.07, 6.45) is 4.78. The van der Waals surface area contributed by atoms with E-state index >= 15 is 0 Å². The van der Waals surface area contributed by atoms with Crippen LogP contribution >= 0.6 is 0 Å². The molecule has 0 fully saturated rings. The lowest BCUT2D eigenvalue weighted by molar-refractivity contribution is 0.0950. The van der Waals surface area contributed by atoms with Crippen LogP contribution in [-0.2, 0) is 13.6 Å². The molecule has 0 aliphatic heterocycles. The van der Waals surface area contributed by atoms with Crippen LogP contribution in [0.1, 0.15) is 16.1 Å². The van der Waals surface area contributed by atoms with Crippen LogP contribution in [0.25, 0.3) is 11.5 Å². The summed E-state index contributed by atoms with van der Waals surface area (Å²) in [4.78, 5) is 15.9. The second-order valence-electron chi connectivity index (χ2n) is 4.55. The molecular weight excluding hydrogens is 268 g/mol. The van der Waals surface area contributed by atoms with Gasteiger partial charge in [0.05, 0.1) is 24.1 Å². The molecule has 1 N–H and O–H groups in total. The standard InChI is InChI=1S/C15H14N4O2/c1-19-13(14-5-3-7-21-14)8-12(18-19)10-17-15(20)11-4-2-6-16-9-11/h2-9H,10H2,1H3,(H,17,20). The van der Waals surface area contributed by atoms with Gasteiger partial charge in [0.2, 0.25) is 0 Å². The molecule has 1 amide bonds. The summed E-state index contributed by atoms with van der Waals surface area (Å²) in [5.41, 5.74) is 2.16.